The van der Waals surface area contributed by atoms with E-state index >= 15 is 0 Å². The monoisotopic (exact) mass is 373 g/mol. The van der Waals surface area contributed by atoms with Gasteiger partial charge in [0.05, 0.1) is 0 Å². The van der Waals surface area contributed by atoms with E-state index in [4.69, 9.17) is 9.47 Å². The highest BCUT2D eigenvalue weighted by Crippen LogP contribution is 2.48. The highest BCUT2D eigenvalue weighted by Gasteiger charge is 2.30. The van der Waals surface area contributed by atoms with E-state index in [1.807, 2.05) is 0 Å². The van der Waals surface area contributed by atoms with E-state index in [0.29, 0.717) is 8.58 Å². The molecule has 0 N–H and O–H groups in total. The van der Waals surface area contributed by atoms with Gasteiger partial charge >= 0.3 is 0 Å². The highest BCUT2D eigenvalue weighted by atomic mass is 31.1. The van der Waals surface area contributed by atoms with Crippen molar-refractivity contribution >= 4 is 19.6 Å². The Balaban J connectivity index is 2.48. The summed E-state index contributed by atoms with van der Waals surface area (Å²) in [5.74, 6) is 0.924. The van der Waals surface area contributed by atoms with Gasteiger partial charge in [0, 0.05) is 37.6 Å². The molecule has 0 bridgehead atoms. The number of hydrogen-bond acceptors (Lipinski definition) is 3. The second-order valence-electron chi connectivity index (χ2n) is 7.28. The van der Waals surface area contributed by atoms with Crippen molar-refractivity contribution in [2.75, 3.05) is 32.9 Å². The van der Waals surface area contributed by atoms with E-state index in [1.54, 1.807) is 7.11 Å². The van der Waals surface area contributed by atoms with E-state index in [0.717, 1.165) is 12.2 Å². The standard InChI is InChI=1S/C22H32NO2P/c1-8-22(4,18-13-16(2)9-11-20(18)25-15-24-7)26-21-12-10-17(3)14-19(21)23(5)6/h9-14,26H,8,15H2,1-7H3. The Labute approximate surface area is 160 Å². The summed E-state index contributed by atoms with van der Waals surface area (Å²) in [6.45, 7) is 9.17. The lowest BCUT2D eigenvalue weighted by molar-refractivity contribution is 0.0500. The molecule has 0 radical (unpaired) electrons. The van der Waals surface area contributed by atoms with Crippen molar-refractivity contribution in [3.8, 4) is 5.75 Å². The average Bonchev–Trinajstić information content (AvgIpc) is 2.61. The fraction of sp³-hybridized carbons (Fsp3) is 0.455. The summed E-state index contributed by atoms with van der Waals surface area (Å²) in [6.07, 6.45) is 1.04. The van der Waals surface area contributed by atoms with E-state index < -0.39 is 0 Å². The molecule has 0 aliphatic heterocycles. The van der Waals surface area contributed by atoms with Crippen LogP contribution in [0, 0.1) is 13.8 Å². The maximum atomic E-state index is 5.90. The summed E-state index contributed by atoms with van der Waals surface area (Å²) in [4.78, 5) is 2.21. The maximum absolute atomic E-state index is 5.90. The second-order valence-corrected chi connectivity index (χ2v) is 9.17. The molecule has 0 saturated heterocycles. The molecule has 0 aliphatic carbocycles. The summed E-state index contributed by atoms with van der Waals surface area (Å²) in [7, 11) is 6.54. The lowest BCUT2D eigenvalue weighted by atomic mass is 9.95. The number of ether oxygens (including phenoxy) is 2. The summed E-state index contributed by atoms with van der Waals surface area (Å²) in [6, 6.07) is 13.2. The zero-order chi connectivity index (χ0) is 19.3. The third-order valence-corrected chi connectivity index (χ3v) is 6.68. The van der Waals surface area contributed by atoms with Crippen LogP contribution in [0.4, 0.5) is 5.69 Å². The molecule has 2 aromatic carbocycles. The quantitative estimate of drug-likeness (QED) is 0.481. The SMILES string of the molecule is CCC(C)(Pc1ccc(C)cc1N(C)C)c1cc(C)ccc1OCOC. The minimum atomic E-state index is 0.00904. The van der Waals surface area contributed by atoms with E-state index in [1.165, 1.54) is 27.7 Å². The van der Waals surface area contributed by atoms with Gasteiger partial charge in [-0.05, 0) is 43.3 Å². The topological polar surface area (TPSA) is 21.7 Å². The molecule has 142 valence electrons. The van der Waals surface area contributed by atoms with Crippen molar-refractivity contribution in [1.29, 1.82) is 0 Å². The molecule has 0 heterocycles. The van der Waals surface area contributed by atoms with Crippen LogP contribution in [0.2, 0.25) is 0 Å². The van der Waals surface area contributed by atoms with E-state index in [2.05, 4.69) is 83.1 Å². The molecule has 26 heavy (non-hydrogen) atoms. The number of benzene rings is 2. The second kappa shape index (κ2) is 8.88. The summed E-state index contributed by atoms with van der Waals surface area (Å²) in [5.41, 5.74) is 5.11. The zero-order valence-electron chi connectivity index (χ0n) is 17.1. The fourth-order valence-corrected chi connectivity index (χ4v) is 4.78. The van der Waals surface area contributed by atoms with Crippen molar-refractivity contribution < 1.29 is 9.47 Å². The third kappa shape index (κ3) is 4.78. The van der Waals surface area contributed by atoms with Crippen LogP contribution in [0.15, 0.2) is 36.4 Å². The number of anilines is 1. The number of nitrogens with zero attached hydrogens (tertiary/aromatic N) is 1. The molecular weight excluding hydrogens is 341 g/mol. The van der Waals surface area contributed by atoms with Gasteiger partial charge in [0.1, 0.15) is 5.75 Å². The molecule has 0 spiro atoms. The lowest BCUT2D eigenvalue weighted by Crippen LogP contribution is -2.23. The minimum absolute atomic E-state index is 0.00904. The normalized spacial score (nSPS) is 13.8. The van der Waals surface area contributed by atoms with Crippen molar-refractivity contribution in [2.45, 2.75) is 39.3 Å². The molecule has 0 amide bonds. The Morgan fingerprint density at radius 1 is 1.04 bits per heavy atom. The van der Waals surface area contributed by atoms with Gasteiger partial charge in [-0.1, -0.05) is 52.3 Å². The first-order valence-electron chi connectivity index (χ1n) is 9.09. The first-order valence-corrected chi connectivity index (χ1v) is 10.1. The number of hydrogen-bond donors (Lipinski definition) is 0. The zero-order valence-corrected chi connectivity index (χ0v) is 18.1. The molecule has 2 rings (SSSR count). The molecule has 0 aliphatic rings. The van der Waals surface area contributed by atoms with Crippen molar-refractivity contribution in [3.05, 3.63) is 53.1 Å². The molecule has 2 unspecified atom stereocenters. The number of methoxy groups -OCH3 is 1. The van der Waals surface area contributed by atoms with Crippen molar-refractivity contribution in [3.63, 3.8) is 0 Å². The van der Waals surface area contributed by atoms with Crippen LogP contribution in [-0.2, 0) is 9.89 Å². The maximum Gasteiger partial charge on any atom is 0.188 e. The molecule has 4 heteroatoms. The Bertz CT molecular complexity index is 745. The van der Waals surface area contributed by atoms with Gasteiger partial charge in [-0.2, -0.15) is 0 Å². The Kier molecular flexibility index (Phi) is 7.08. The Morgan fingerprint density at radius 2 is 1.69 bits per heavy atom. The predicted octanol–water partition coefficient (Wildman–Crippen LogP) is 4.98. The molecule has 2 aromatic rings. The summed E-state index contributed by atoms with van der Waals surface area (Å²) < 4.78 is 11.0. The van der Waals surface area contributed by atoms with Crippen LogP contribution < -0.4 is 14.9 Å². The minimum Gasteiger partial charge on any atom is -0.467 e. The predicted molar refractivity (Wildman–Crippen MR) is 115 cm³/mol. The van der Waals surface area contributed by atoms with Crippen molar-refractivity contribution in [2.24, 2.45) is 0 Å². The summed E-state index contributed by atoms with van der Waals surface area (Å²) >= 11 is 0. The summed E-state index contributed by atoms with van der Waals surface area (Å²) in [5, 5.41) is 1.40. The van der Waals surface area contributed by atoms with Gasteiger partial charge in [0.25, 0.3) is 0 Å². The molecule has 0 fully saturated rings. The van der Waals surface area contributed by atoms with E-state index in [-0.39, 0.29) is 11.9 Å². The van der Waals surface area contributed by atoms with Gasteiger partial charge in [-0.15, -0.1) is 0 Å². The Morgan fingerprint density at radius 3 is 2.31 bits per heavy atom. The number of rotatable bonds is 8. The first kappa shape index (κ1) is 20.7. The van der Waals surface area contributed by atoms with Crippen molar-refractivity contribution in [1.82, 2.24) is 0 Å². The van der Waals surface area contributed by atoms with Crippen LogP contribution in [0.25, 0.3) is 0 Å². The largest absolute Gasteiger partial charge is 0.467 e. The van der Waals surface area contributed by atoms with Crippen LogP contribution in [0.1, 0.15) is 37.0 Å². The van der Waals surface area contributed by atoms with Crippen LogP contribution in [-0.4, -0.2) is 28.0 Å². The average molecular weight is 373 g/mol. The molecule has 2 atom stereocenters. The van der Waals surface area contributed by atoms with Crippen LogP contribution in [0.5, 0.6) is 5.75 Å². The van der Waals surface area contributed by atoms with Gasteiger partial charge in [0.2, 0.25) is 0 Å². The molecule has 3 nitrogen and oxygen atoms in total. The smallest absolute Gasteiger partial charge is 0.188 e. The lowest BCUT2D eigenvalue weighted by Gasteiger charge is -2.33. The number of aryl methyl sites for hydroxylation is 2. The molecule has 0 aromatic heterocycles. The van der Waals surface area contributed by atoms with E-state index in [9.17, 15) is 0 Å². The van der Waals surface area contributed by atoms with Crippen LogP contribution in [0.3, 0.4) is 0 Å². The third-order valence-electron chi connectivity index (χ3n) is 4.81. The van der Waals surface area contributed by atoms with Crippen LogP contribution >= 0.6 is 8.58 Å². The van der Waals surface area contributed by atoms with Gasteiger partial charge in [0.15, 0.2) is 6.79 Å². The van der Waals surface area contributed by atoms with Gasteiger partial charge in [-0.3, -0.25) is 0 Å². The highest BCUT2D eigenvalue weighted by molar-refractivity contribution is 7.49. The Hall–Kier alpha value is -1.57. The first-order chi connectivity index (χ1) is 12.3. The fourth-order valence-electron chi connectivity index (χ4n) is 3.08. The molecule has 0 saturated carbocycles. The van der Waals surface area contributed by atoms with Gasteiger partial charge in [-0.25, -0.2) is 0 Å². The van der Waals surface area contributed by atoms with Gasteiger partial charge < -0.3 is 14.4 Å². The molecular formula is C22H32NO2P.